The van der Waals surface area contributed by atoms with Gasteiger partial charge in [0.25, 0.3) is 0 Å². The van der Waals surface area contributed by atoms with E-state index in [1.807, 2.05) is 50.2 Å². The van der Waals surface area contributed by atoms with Gasteiger partial charge in [0, 0.05) is 0 Å². The molecule has 0 atom stereocenters. The lowest BCUT2D eigenvalue weighted by molar-refractivity contribution is 0.0450. The predicted molar refractivity (Wildman–Crippen MR) is 78.1 cm³/mol. The average molecular weight is 270 g/mol. The second-order valence-electron chi connectivity index (χ2n) is 4.66. The molecule has 0 bridgehead atoms. The van der Waals surface area contributed by atoms with Gasteiger partial charge in [0.2, 0.25) is 0 Å². The zero-order chi connectivity index (χ0) is 14.4. The van der Waals surface area contributed by atoms with Crippen LogP contribution in [0.2, 0.25) is 0 Å². The molecule has 0 unspecified atom stereocenters. The van der Waals surface area contributed by atoms with Crippen LogP contribution in [0.15, 0.2) is 48.5 Å². The lowest BCUT2D eigenvalue weighted by Crippen LogP contribution is -2.12. The van der Waals surface area contributed by atoms with Crippen molar-refractivity contribution in [2.45, 2.75) is 13.8 Å². The number of carbonyl (C=O) groups excluding carboxylic acids is 1. The molecule has 0 amide bonds. The summed E-state index contributed by atoms with van der Waals surface area (Å²) in [5, 5.41) is 0. The van der Waals surface area contributed by atoms with Crippen molar-refractivity contribution < 1.29 is 14.3 Å². The second kappa shape index (κ2) is 6.75. The lowest BCUT2D eigenvalue weighted by atomic mass is 10.1. The van der Waals surface area contributed by atoms with E-state index in [1.165, 1.54) is 5.56 Å². The topological polar surface area (TPSA) is 35.5 Å². The number of ether oxygens (including phenoxy) is 2. The highest BCUT2D eigenvalue weighted by molar-refractivity contribution is 5.89. The van der Waals surface area contributed by atoms with E-state index in [9.17, 15) is 4.79 Å². The van der Waals surface area contributed by atoms with Crippen molar-refractivity contribution in [1.82, 2.24) is 0 Å². The summed E-state index contributed by atoms with van der Waals surface area (Å²) < 4.78 is 10.6. The zero-order valence-electron chi connectivity index (χ0n) is 11.8. The minimum atomic E-state index is -0.322. The van der Waals surface area contributed by atoms with Crippen LogP contribution in [0.4, 0.5) is 0 Å². The van der Waals surface area contributed by atoms with E-state index in [0.717, 1.165) is 11.3 Å². The number of aryl methyl sites for hydroxylation is 2. The van der Waals surface area contributed by atoms with Gasteiger partial charge in [-0.1, -0.05) is 35.4 Å². The number of hydrogen-bond donors (Lipinski definition) is 0. The van der Waals surface area contributed by atoms with E-state index in [0.29, 0.717) is 12.2 Å². The minimum Gasteiger partial charge on any atom is -0.490 e. The van der Waals surface area contributed by atoms with E-state index in [1.54, 1.807) is 12.1 Å². The third kappa shape index (κ3) is 4.12. The second-order valence-corrected chi connectivity index (χ2v) is 4.66. The summed E-state index contributed by atoms with van der Waals surface area (Å²) in [4.78, 5) is 11.7. The van der Waals surface area contributed by atoms with E-state index >= 15 is 0 Å². The van der Waals surface area contributed by atoms with Crippen LogP contribution in [0.3, 0.4) is 0 Å². The Bertz CT molecular complexity index is 556. The van der Waals surface area contributed by atoms with E-state index < -0.39 is 0 Å². The Hall–Kier alpha value is -2.29. The molecule has 2 rings (SSSR count). The summed E-state index contributed by atoms with van der Waals surface area (Å²) in [5.41, 5.74) is 2.86. The van der Waals surface area contributed by atoms with Crippen LogP contribution in [0.25, 0.3) is 0 Å². The maximum Gasteiger partial charge on any atom is 0.338 e. The first-order valence-corrected chi connectivity index (χ1v) is 6.58. The molecule has 3 nitrogen and oxygen atoms in total. The average Bonchev–Trinajstić information content (AvgIpc) is 2.46. The first-order valence-electron chi connectivity index (χ1n) is 6.58. The largest absolute Gasteiger partial charge is 0.490 e. The predicted octanol–water partition coefficient (Wildman–Crippen LogP) is 3.54. The molecule has 0 N–H and O–H groups in total. The monoisotopic (exact) mass is 270 g/mol. The fourth-order valence-corrected chi connectivity index (χ4v) is 1.70. The molecular formula is C17H18O3. The Labute approximate surface area is 119 Å². The van der Waals surface area contributed by atoms with Gasteiger partial charge in [-0.15, -0.1) is 0 Å². The molecule has 0 aliphatic carbocycles. The number of benzene rings is 2. The Kier molecular flexibility index (Phi) is 4.77. The fourth-order valence-electron chi connectivity index (χ4n) is 1.70. The van der Waals surface area contributed by atoms with Crippen molar-refractivity contribution in [2.24, 2.45) is 0 Å². The lowest BCUT2D eigenvalue weighted by Gasteiger charge is -2.07. The van der Waals surface area contributed by atoms with E-state index in [4.69, 9.17) is 9.47 Å². The maximum absolute atomic E-state index is 11.7. The van der Waals surface area contributed by atoms with Crippen LogP contribution in [0.1, 0.15) is 21.5 Å². The van der Waals surface area contributed by atoms with Gasteiger partial charge in [-0.05, 0) is 38.1 Å². The Morgan fingerprint density at radius 3 is 2.00 bits per heavy atom. The first-order chi connectivity index (χ1) is 9.65. The van der Waals surface area contributed by atoms with Gasteiger partial charge in [-0.3, -0.25) is 0 Å². The highest BCUT2D eigenvalue weighted by atomic mass is 16.6. The van der Waals surface area contributed by atoms with Crippen molar-refractivity contribution in [3.63, 3.8) is 0 Å². The summed E-state index contributed by atoms with van der Waals surface area (Å²) >= 11 is 0. The molecule has 0 radical (unpaired) electrons. The molecule has 2 aromatic rings. The highest BCUT2D eigenvalue weighted by Crippen LogP contribution is 2.11. The quantitative estimate of drug-likeness (QED) is 0.616. The van der Waals surface area contributed by atoms with Gasteiger partial charge < -0.3 is 9.47 Å². The van der Waals surface area contributed by atoms with Gasteiger partial charge in [-0.25, -0.2) is 4.79 Å². The summed E-state index contributed by atoms with van der Waals surface area (Å²) in [6, 6.07) is 15.1. The molecule has 0 fully saturated rings. The Morgan fingerprint density at radius 2 is 1.40 bits per heavy atom. The van der Waals surface area contributed by atoms with Crippen LogP contribution >= 0.6 is 0 Å². The molecule has 104 valence electrons. The molecule has 0 aliphatic heterocycles. The van der Waals surface area contributed by atoms with Crippen molar-refractivity contribution >= 4 is 5.97 Å². The van der Waals surface area contributed by atoms with Gasteiger partial charge in [0.1, 0.15) is 19.0 Å². The van der Waals surface area contributed by atoms with Crippen LogP contribution in [-0.2, 0) is 4.74 Å². The Morgan fingerprint density at radius 1 is 0.850 bits per heavy atom. The van der Waals surface area contributed by atoms with Gasteiger partial charge in [-0.2, -0.15) is 0 Å². The first kappa shape index (κ1) is 14.1. The summed E-state index contributed by atoms with van der Waals surface area (Å²) in [6.45, 7) is 4.58. The third-order valence-corrected chi connectivity index (χ3v) is 2.89. The van der Waals surface area contributed by atoms with Crippen molar-refractivity contribution in [1.29, 1.82) is 0 Å². The van der Waals surface area contributed by atoms with Gasteiger partial charge in [0.05, 0.1) is 5.56 Å². The molecule has 0 spiro atoms. The minimum absolute atomic E-state index is 0.237. The standard InChI is InChI=1S/C17H18O3/c1-13-3-7-15(8-4-13)17(18)20-12-11-19-16-9-5-14(2)6-10-16/h3-10H,11-12H2,1-2H3. The van der Waals surface area contributed by atoms with Crippen LogP contribution in [0.5, 0.6) is 5.75 Å². The smallest absolute Gasteiger partial charge is 0.338 e. The molecule has 0 saturated heterocycles. The van der Waals surface area contributed by atoms with E-state index in [-0.39, 0.29) is 12.6 Å². The molecular weight excluding hydrogens is 252 g/mol. The number of esters is 1. The summed E-state index contributed by atoms with van der Waals surface area (Å²) in [7, 11) is 0. The van der Waals surface area contributed by atoms with Crippen molar-refractivity contribution in [3.8, 4) is 5.75 Å². The summed E-state index contributed by atoms with van der Waals surface area (Å²) in [5.74, 6) is 0.458. The maximum atomic E-state index is 11.7. The van der Waals surface area contributed by atoms with Crippen LogP contribution < -0.4 is 4.74 Å². The van der Waals surface area contributed by atoms with Crippen molar-refractivity contribution in [2.75, 3.05) is 13.2 Å². The number of hydrogen-bond acceptors (Lipinski definition) is 3. The van der Waals surface area contributed by atoms with Gasteiger partial charge in [0.15, 0.2) is 0 Å². The number of rotatable bonds is 5. The fraction of sp³-hybridized carbons (Fsp3) is 0.235. The van der Waals surface area contributed by atoms with Gasteiger partial charge >= 0.3 is 5.97 Å². The molecule has 2 aromatic carbocycles. The molecule has 0 heterocycles. The Balaban J connectivity index is 1.74. The molecule has 0 aliphatic rings. The van der Waals surface area contributed by atoms with Crippen molar-refractivity contribution in [3.05, 3.63) is 65.2 Å². The summed E-state index contributed by atoms with van der Waals surface area (Å²) in [6.07, 6.45) is 0. The molecule has 20 heavy (non-hydrogen) atoms. The van der Waals surface area contributed by atoms with Crippen LogP contribution in [0, 0.1) is 13.8 Å². The SMILES string of the molecule is Cc1ccc(OCCOC(=O)c2ccc(C)cc2)cc1. The highest BCUT2D eigenvalue weighted by Gasteiger charge is 2.06. The van der Waals surface area contributed by atoms with E-state index in [2.05, 4.69) is 0 Å². The molecule has 0 aromatic heterocycles. The molecule has 0 saturated carbocycles. The normalized spacial score (nSPS) is 10.1. The third-order valence-electron chi connectivity index (χ3n) is 2.89. The molecule has 3 heteroatoms. The number of carbonyl (C=O) groups is 1. The van der Waals surface area contributed by atoms with Crippen LogP contribution in [-0.4, -0.2) is 19.2 Å². The zero-order valence-corrected chi connectivity index (χ0v) is 11.8.